The summed E-state index contributed by atoms with van der Waals surface area (Å²) in [5, 5.41) is 11.8. The van der Waals surface area contributed by atoms with E-state index in [9.17, 15) is 9.59 Å². The van der Waals surface area contributed by atoms with Gasteiger partial charge in [-0.3, -0.25) is 14.4 Å². The summed E-state index contributed by atoms with van der Waals surface area (Å²) < 4.78 is 0. The van der Waals surface area contributed by atoms with Crippen LogP contribution < -0.4 is 0 Å². The predicted molar refractivity (Wildman–Crippen MR) is 84.6 cm³/mol. The van der Waals surface area contributed by atoms with Crippen molar-refractivity contribution in [3.63, 3.8) is 0 Å². The van der Waals surface area contributed by atoms with Crippen molar-refractivity contribution in [2.24, 2.45) is 0 Å². The minimum atomic E-state index is -0.506. The summed E-state index contributed by atoms with van der Waals surface area (Å²) in [6.07, 6.45) is 1.09. The minimum absolute atomic E-state index is 0.228. The summed E-state index contributed by atoms with van der Waals surface area (Å²) in [7, 11) is 0. The van der Waals surface area contributed by atoms with E-state index in [0.29, 0.717) is 12.8 Å². The monoisotopic (exact) mass is 331 g/mol. The van der Waals surface area contributed by atoms with Crippen LogP contribution in [-0.2, 0) is 25.9 Å². The van der Waals surface area contributed by atoms with Gasteiger partial charge < -0.3 is 4.84 Å². The third kappa shape index (κ3) is 4.78. The first-order valence-electron chi connectivity index (χ1n) is 7.82. The molecule has 24 heavy (non-hydrogen) atoms. The van der Waals surface area contributed by atoms with Gasteiger partial charge in [0.1, 0.15) is 12.6 Å². The highest BCUT2D eigenvalue weighted by Gasteiger charge is 2.35. The highest BCUT2D eigenvalue weighted by Crippen LogP contribution is 2.22. The Bertz CT molecular complexity index is 614. The molecule has 0 aliphatic carbocycles. The number of nitriles is 1. The number of hydroxylamine groups is 4. The number of benzene rings is 1. The second-order valence-electron chi connectivity index (χ2n) is 5.66. The number of nitrogens with zero attached hydrogens (tertiary/aromatic N) is 3. The van der Waals surface area contributed by atoms with Gasteiger partial charge >= 0.3 is 5.97 Å². The number of rotatable bonds is 5. The SMILES string of the molecule is CC(=O)ON1C[C@H](N(OCc2ccccc2)C(C)=O)CC[C@H]1C#N. The molecule has 0 bridgehead atoms. The molecule has 0 N–H and O–H groups in total. The summed E-state index contributed by atoms with van der Waals surface area (Å²) in [6.45, 7) is 3.22. The Morgan fingerprint density at radius 3 is 2.58 bits per heavy atom. The minimum Gasteiger partial charge on any atom is -0.367 e. The van der Waals surface area contributed by atoms with Gasteiger partial charge in [0.25, 0.3) is 0 Å². The Balaban J connectivity index is 2.03. The standard InChI is InChI=1S/C17H21N3O4/c1-13(21)20(23-12-15-6-4-3-5-7-15)17-9-8-16(10-18)19(11-17)24-14(2)22/h3-7,16-17H,8-9,11-12H2,1-2H3/t16-,17+/m0/s1. The van der Waals surface area contributed by atoms with E-state index >= 15 is 0 Å². The Kier molecular flexibility index (Phi) is 6.29. The van der Waals surface area contributed by atoms with Gasteiger partial charge in [0, 0.05) is 13.8 Å². The number of carbonyl (C=O) groups excluding carboxylic acids is 2. The van der Waals surface area contributed by atoms with Gasteiger partial charge in [0.05, 0.1) is 18.7 Å². The molecule has 0 spiro atoms. The fourth-order valence-corrected chi connectivity index (χ4v) is 2.68. The van der Waals surface area contributed by atoms with E-state index in [2.05, 4.69) is 6.07 Å². The van der Waals surface area contributed by atoms with E-state index in [1.807, 2.05) is 30.3 Å². The number of hydrogen-bond donors (Lipinski definition) is 0. The van der Waals surface area contributed by atoms with Crippen molar-refractivity contribution in [1.29, 1.82) is 5.26 Å². The molecule has 0 saturated carbocycles. The lowest BCUT2D eigenvalue weighted by atomic mass is 10.0. The molecule has 0 radical (unpaired) electrons. The molecule has 1 fully saturated rings. The highest BCUT2D eigenvalue weighted by molar-refractivity contribution is 5.72. The molecule has 1 amide bonds. The molecule has 1 aliphatic heterocycles. The maximum atomic E-state index is 12.0. The average Bonchev–Trinajstić information content (AvgIpc) is 2.55. The van der Waals surface area contributed by atoms with Gasteiger partial charge in [-0.2, -0.15) is 5.26 Å². The first-order chi connectivity index (χ1) is 11.5. The quantitative estimate of drug-likeness (QED) is 0.765. The molecule has 1 aliphatic rings. The van der Waals surface area contributed by atoms with E-state index in [-0.39, 0.29) is 25.1 Å². The second kappa shape index (κ2) is 8.43. The normalized spacial score (nSPS) is 20.9. The Labute approximate surface area is 141 Å². The second-order valence-corrected chi connectivity index (χ2v) is 5.66. The van der Waals surface area contributed by atoms with Crippen LogP contribution in [0, 0.1) is 11.3 Å². The number of hydrogen-bond acceptors (Lipinski definition) is 6. The van der Waals surface area contributed by atoms with Gasteiger partial charge in [-0.1, -0.05) is 30.3 Å². The lowest BCUT2D eigenvalue weighted by Crippen LogP contribution is -2.53. The van der Waals surface area contributed by atoms with E-state index < -0.39 is 12.0 Å². The molecular weight excluding hydrogens is 310 g/mol. The van der Waals surface area contributed by atoms with Crippen LogP contribution >= 0.6 is 0 Å². The summed E-state index contributed by atoms with van der Waals surface area (Å²) >= 11 is 0. The van der Waals surface area contributed by atoms with Gasteiger partial charge in [-0.05, 0) is 18.4 Å². The van der Waals surface area contributed by atoms with Crippen molar-refractivity contribution in [3.05, 3.63) is 35.9 Å². The molecule has 2 rings (SSSR count). The molecule has 7 heteroatoms. The topological polar surface area (TPSA) is 82.9 Å². The zero-order valence-electron chi connectivity index (χ0n) is 13.8. The van der Waals surface area contributed by atoms with Crippen LogP contribution in [0.25, 0.3) is 0 Å². The Morgan fingerprint density at radius 2 is 2.00 bits per heavy atom. The molecular formula is C17H21N3O4. The first kappa shape index (κ1) is 17.9. The van der Waals surface area contributed by atoms with Gasteiger partial charge in [-0.15, -0.1) is 5.06 Å². The Hall–Kier alpha value is -2.43. The first-order valence-corrected chi connectivity index (χ1v) is 7.82. The molecule has 1 saturated heterocycles. The highest BCUT2D eigenvalue weighted by atomic mass is 16.7. The number of piperidine rings is 1. The fraction of sp³-hybridized carbons (Fsp3) is 0.471. The lowest BCUT2D eigenvalue weighted by molar-refractivity contribution is -0.237. The van der Waals surface area contributed by atoms with E-state index in [1.54, 1.807) is 0 Å². The summed E-state index contributed by atoms with van der Waals surface area (Å²) in [5.41, 5.74) is 0.950. The van der Waals surface area contributed by atoms with Crippen LogP contribution in [0.2, 0.25) is 0 Å². The van der Waals surface area contributed by atoms with E-state index in [1.165, 1.54) is 24.0 Å². The number of amides is 1. The van der Waals surface area contributed by atoms with Crippen molar-refractivity contribution < 1.29 is 19.3 Å². The maximum Gasteiger partial charge on any atom is 0.322 e. The fourth-order valence-electron chi connectivity index (χ4n) is 2.68. The molecule has 128 valence electrons. The third-order valence-corrected chi connectivity index (χ3v) is 3.76. The molecule has 2 atom stereocenters. The predicted octanol–water partition coefficient (Wildman–Crippen LogP) is 1.80. The molecule has 7 nitrogen and oxygen atoms in total. The molecule has 1 heterocycles. The summed E-state index contributed by atoms with van der Waals surface area (Å²) in [6, 6.07) is 10.9. The zero-order chi connectivity index (χ0) is 17.5. The van der Waals surface area contributed by atoms with Crippen LogP contribution in [0.1, 0.15) is 32.3 Å². The zero-order valence-corrected chi connectivity index (χ0v) is 13.8. The van der Waals surface area contributed by atoms with Crippen LogP contribution in [0.4, 0.5) is 0 Å². The van der Waals surface area contributed by atoms with Gasteiger partial charge in [0.2, 0.25) is 5.91 Å². The largest absolute Gasteiger partial charge is 0.367 e. The van der Waals surface area contributed by atoms with Crippen molar-refractivity contribution >= 4 is 11.9 Å². The molecule has 0 aromatic heterocycles. The molecule has 1 aromatic carbocycles. The lowest BCUT2D eigenvalue weighted by Gasteiger charge is -2.38. The van der Waals surface area contributed by atoms with Crippen molar-refractivity contribution in [1.82, 2.24) is 10.1 Å². The van der Waals surface area contributed by atoms with Gasteiger partial charge in [0.15, 0.2) is 0 Å². The Morgan fingerprint density at radius 1 is 1.29 bits per heavy atom. The van der Waals surface area contributed by atoms with Gasteiger partial charge in [-0.25, -0.2) is 5.06 Å². The van der Waals surface area contributed by atoms with Crippen LogP contribution in [0.3, 0.4) is 0 Å². The van der Waals surface area contributed by atoms with Crippen molar-refractivity contribution in [2.75, 3.05) is 6.54 Å². The van der Waals surface area contributed by atoms with E-state index in [4.69, 9.17) is 14.9 Å². The van der Waals surface area contributed by atoms with Crippen molar-refractivity contribution in [3.8, 4) is 6.07 Å². The van der Waals surface area contributed by atoms with Crippen molar-refractivity contribution in [2.45, 2.75) is 45.4 Å². The van der Waals surface area contributed by atoms with Crippen LogP contribution in [0.5, 0.6) is 0 Å². The third-order valence-electron chi connectivity index (χ3n) is 3.76. The molecule has 1 aromatic rings. The van der Waals surface area contributed by atoms with E-state index in [0.717, 1.165) is 5.56 Å². The number of carbonyl (C=O) groups is 2. The van der Waals surface area contributed by atoms with Crippen LogP contribution in [0.15, 0.2) is 30.3 Å². The molecule has 0 unspecified atom stereocenters. The summed E-state index contributed by atoms with van der Waals surface area (Å²) in [4.78, 5) is 33.9. The average molecular weight is 331 g/mol. The maximum absolute atomic E-state index is 12.0. The summed E-state index contributed by atoms with van der Waals surface area (Å²) in [5.74, 6) is -0.718. The van der Waals surface area contributed by atoms with Crippen LogP contribution in [-0.4, -0.2) is 40.6 Å². The smallest absolute Gasteiger partial charge is 0.322 e.